The number of anilines is 1. The molecule has 7 heteroatoms. The van der Waals surface area contributed by atoms with Gasteiger partial charge in [-0.2, -0.15) is 0 Å². The zero-order valence-corrected chi connectivity index (χ0v) is 14.3. The summed E-state index contributed by atoms with van der Waals surface area (Å²) in [7, 11) is 0. The molecule has 3 aromatic rings. The van der Waals surface area contributed by atoms with Crippen molar-refractivity contribution in [3.05, 3.63) is 57.7 Å². The molecule has 0 fully saturated rings. The van der Waals surface area contributed by atoms with E-state index in [1.54, 1.807) is 26.0 Å². The molecule has 0 spiro atoms. The lowest BCUT2D eigenvalue weighted by Gasteiger charge is -2.11. The number of nitrogens with zero attached hydrogens (tertiary/aromatic N) is 2. The SMILES string of the molecule is CCC(=O)Nc1ccc(C)c(OCc2cc(=O)n3oc(C)cc3n2)c1. The van der Waals surface area contributed by atoms with E-state index in [0.717, 1.165) is 10.1 Å². The summed E-state index contributed by atoms with van der Waals surface area (Å²) in [5.41, 5.74) is 2.25. The fraction of sp³-hybridized carbons (Fsp3) is 0.278. The van der Waals surface area contributed by atoms with E-state index >= 15 is 0 Å². The van der Waals surface area contributed by atoms with Gasteiger partial charge in [0.15, 0.2) is 5.65 Å². The van der Waals surface area contributed by atoms with E-state index in [0.29, 0.717) is 35.0 Å². The number of rotatable bonds is 5. The number of aryl methyl sites for hydroxylation is 2. The maximum Gasteiger partial charge on any atom is 0.287 e. The first kappa shape index (κ1) is 16.8. The number of fused-ring (bicyclic) bond motifs is 1. The van der Waals surface area contributed by atoms with Crippen molar-refractivity contribution in [2.75, 3.05) is 5.32 Å². The van der Waals surface area contributed by atoms with E-state index < -0.39 is 0 Å². The minimum Gasteiger partial charge on any atom is -0.487 e. The van der Waals surface area contributed by atoms with Crippen LogP contribution in [0.4, 0.5) is 5.69 Å². The smallest absolute Gasteiger partial charge is 0.287 e. The van der Waals surface area contributed by atoms with Crippen LogP contribution in [-0.2, 0) is 11.4 Å². The second-order valence-electron chi connectivity index (χ2n) is 5.76. The van der Waals surface area contributed by atoms with E-state index in [2.05, 4.69) is 10.3 Å². The predicted octanol–water partition coefficient (Wildman–Crippen LogP) is 2.83. The summed E-state index contributed by atoms with van der Waals surface area (Å²) in [4.78, 5) is 27.9. The third-order valence-electron chi connectivity index (χ3n) is 3.69. The monoisotopic (exact) mass is 341 g/mol. The van der Waals surface area contributed by atoms with Gasteiger partial charge in [0.05, 0.1) is 5.69 Å². The molecule has 130 valence electrons. The van der Waals surface area contributed by atoms with Crippen LogP contribution >= 0.6 is 0 Å². The van der Waals surface area contributed by atoms with Crippen molar-refractivity contribution < 1.29 is 14.1 Å². The minimum atomic E-state index is -0.294. The van der Waals surface area contributed by atoms with Gasteiger partial charge in [0, 0.05) is 30.3 Å². The Bertz CT molecular complexity index is 988. The quantitative estimate of drug-likeness (QED) is 0.771. The molecule has 0 bridgehead atoms. The average molecular weight is 341 g/mol. The Morgan fingerprint density at radius 3 is 2.84 bits per heavy atom. The number of hydrogen-bond donors (Lipinski definition) is 1. The van der Waals surface area contributed by atoms with Crippen molar-refractivity contribution in [1.29, 1.82) is 0 Å². The van der Waals surface area contributed by atoms with Crippen molar-refractivity contribution in [2.24, 2.45) is 0 Å². The summed E-state index contributed by atoms with van der Waals surface area (Å²) in [6.45, 7) is 5.59. The van der Waals surface area contributed by atoms with Gasteiger partial charge in [0.1, 0.15) is 18.1 Å². The largest absolute Gasteiger partial charge is 0.487 e. The van der Waals surface area contributed by atoms with Gasteiger partial charge in [-0.15, -0.1) is 4.57 Å². The Labute approximate surface area is 144 Å². The van der Waals surface area contributed by atoms with Gasteiger partial charge in [-0.05, 0) is 25.5 Å². The maximum atomic E-state index is 12.0. The van der Waals surface area contributed by atoms with Gasteiger partial charge < -0.3 is 14.6 Å². The molecule has 0 unspecified atom stereocenters. The van der Waals surface area contributed by atoms with Crippen LogP contribution in [0.1, 0.15) is 30.4 Å². The summed E-state index contributed by atoms with van der Waals surface area (Å²) >= 11 is 0. The van der Waals surface area contributed by atoms with E-state index in [9.17, 15) is 9.59 Å². The molecule has 3 rings (SSSR count). The zero-order chi connectivity index (χ0) is 18.0. The third-order valence-corrected chi connectivity index (χ3v) is 3.69. The van der Waals surface area contributed by atoms with Crippen LogP contribution in [0, 0.1) is 13.8 Å². The van der Waals surface area contributed by atoms with Gasteiger partial charge in [0.2, 0.25) is 5.91 Å². The van der Waals surface area contributed by atoms with Crippen LogP contribution in [0.3, 0.4) is 0 Å². The highest BCUT2D eigenvalue weighted by molar-refractivity contribution is 5.90. The van der Waals surface area contributed by atoms with E-state index in [-0.39, 0.29) is 18.1 Å². The van der Waals surface area contributed by atoms with Crippen LogP contribution in [-0.4, -0.2) is 15.5 Å². The topological polar surface area (TPSA) is 85.8 Å². The number of ether oxygens (including phenoxy) is 1. The second kappa shape index (κ2) is 6.80. The molecule has 2 aromatic heterocycles. The molecule has 0 saturated heterocycles. The molecule has 1 amide bonds. The van der Waals surface area contributed by atoms with Crippen molar-refractivity contribution in [3.8, 4) is 5.75 Å². The van der Waals surface area contributed by atoms with Crippen molar-refractivity contribution in [1.82, 2.24) is 9.56 Å². The lowest BCUT2D eigenvalue weighted by atomic mass is 10.2. The lowest BCUT2D eigenvalue weighted by molar-refractivity contribution is -0.115. The zero-order valence-electron chi connectivity index (χ0n) is 14.3. The molecule has 0 aliphatic heterocycles. The average Bonchev–Trinajstić information content (AvgIpc) is 2.96. The molecule has 1 N–H and O–H groups in total. The number of hydrogen-bond acceptors (Lipinski definition) is 5. The highest BCUT2D eigenvalue weighted by atomic mass is 16.5. The fourth-order valence-corrected chi connectivity index (χ4v) is 2.38. The molecule has 0 aliphatic rings. The molecular weight excluding hydrogens is 322 g/mol. The Balaban J connectivity index is 1.80. The Hall–Kier alpha value is -3.09. The first-order valence-electron chi connectivity index (χ1n) is 7.99. The number of aromatic nitrogens is 2. The van der Waals surface area contributed by atoms with Crippen molar-refractivity contribution in [2.45, 2.75) is 33.8 Å². The molecule has 0 aliphatic carbocycles. The molecule has 25 heavy (non-hydrogen) atoms. The number of carbonyl (C=O) groups excluding carboxylic acids is 1. The lowest BCUT2D eigenvalue weighted by Crippen LogP contribution is -2.14. The highest BCUT2D eigenvalue weighted by Crippen LogP contribution is 2.23. The molecule has 7 nitrogen and oxygen atoms in total. The summed E-state index contributed by atoms with van der Waals surface area (Å²) < 4.78 is 12.2. The molecule has 1 aromatic carbocycles. The number of nitrogens with one attached hydrogen (secondary N) is 1. The summed E-state index contributed by atoms with van der Waals surface area (Å²) in [6, 6.07) is 8.52. The third kappa shape index (κ3) is 3.71. The predicted molar refractivity (Wildman–Crippen MR) is 92.9 cm³/mol. The van der Waals surface area contributed by atoms with Crippen molar-refractivity contribution >= 4 is 17.2 Å². The number of carbonyl (C=O) groups is 1. The van der Waals surface area contributed by atoms with Crippen LogP contribution < -0.4 is 15.6 Å². The highest BCUT2D eigenvalue weighted by Gasteiger charge is 2.09. The first-order chi connectivity index (χ1) is 12.0. The Morgan fingerprint density at radius 1 is 1.28 bits per heavy atom. The fourth-order valence-electron chi connectivity index (χ4n) is 2.38. The summed E-state index contributed by atoms with van der Waals surface area (Å²) in [5, 5.41) is 2.79. The Morgan fingerprint density at radius 2 is 2.08 bits per heavy atom. The normalized spacial score (nSPS) is 10.8. The number of benzene rings is 1. The van der Waals surface area contributed by atoms with E-state index in [4.69, 9.17) is 9.26 Å². The van der Waals surface area contributed by atoms with Crippen LogP contribution in [0.5, 0.6) is 5.75 Å². The van der Waals surface area contributed by atoms with Gasteiger partial charge >= 0.3 is 0 Å². The van der Waals surface area contributed by atoms with Gasteiger partial charge in [-0.1, -0.05) is 13.0 Å². The standard InChI is InChI=1S/C18H19N3O4/c1-4-17(22)20-13-6-5-11(2)15(8-13)24-10-14-9-18(23)21-16(19-14)7-12(3)25-21/h5-9H,4,10H2,1-3H3,(H,20,22). The maximum absolute atomic E-state index is 12.0. The molecule has 2 heterocycles. The first-order valence-corrected chi connectivity index (χ1v) is 7.99. The Kier molecular flexibility index (Phi) is 4.56. The van der Waals surface area contributed by atoms with Gasteiger partial charge in [-0.3, -0.25) is 9.59 Å². The summed E-state index contributed by atoms with van der Waals surface area (Å²) in [5.74, 6) is 1.17. The second-order valence-corrected chi connectivity index (χ2v) is 5.76. The van der Waals surface area contributed by atoms with Crippen LogP contribution in [0.25, 0.3) is 5.65 Å². The van der Waals surface area contributed by atoms with Crippen LogP contribution in [0.15, 0.2) is 39.6 Å². The molecule has 0 saturated carbocycles. The van der Waals surface area contributed by atoms with Crippen LogP contribution in [0.2, 0.25) is 0 Å². The molecule has 0 radical (unpaired) electrons. The number of amides is 1. The summed E-state index contributed by atoms with van der Waals surface area (Å²) in [6.07, 6.45) is 0.405. The van der Waals surface area contributed by atoms with Gasteiger partial charge in [-0.25, -0.2) is 4.98 Å². The molecular formula is C18H19N3O4. The van der Waals surface area contributed by atoms with Gasteiger partial charge in [0.25, 0.3) is 5.56 Å². The van der Waals surface area contributed by atoms with Crippen molar-refractivity contribution in [3.63, 3.8) is 0 Å². The molecule has 0 atom stereocenters. The van der Waals surface area contributed by atoms with E-state index in [1.807, 2.05) is 19.1 Å². The minimum absolute atomic E-state index is 0.0646. The van der Waals surface area contributed by atoms with E-state index in [1.165, 1.54) is 6.07 Å².